The van der Waals surface area contributed by atoms with E-state index in [1.165, 1.54) is 5.56 Å². The van der Waals surface area contributed by atoms with Gasteiger partial charge >= 0.3 is 0 Å². The summed E-state index contributed by atoms with van der Waals surface area (Å²) in [6.45, 7) is 4.07. The van der Waals surface area contributed by atoms with Crippen molar-refractivity contribution >= 4 is 45.1 Å². The van der Waals surface area contributed by atoms with E-state index < -0.39 is 10.8 Å². The lowest BCUT2D eigenvalue weighted by Crippen LogP contribution is -2.18. The summed E-state index contributed by atoms with van der Waals surface area (Å²) in [4.78, 5) is 12.9. The number of hydrogen-bond donors (Lipinski definition) is 1. The predicted octanol–water partition coefficient (Wildman–Crippen LogP) is 4.11. The van der Waals surface area contributed by atoms with E-state index in [1.54, 1.807) is 10.7 Å². The van der Waals surface area contributed by atoms with Crippen molar-refractivity contribution in [2.45, 2.75) is 25.4 Å². The highest BCUT2D eigenvalue weighted by atomic mass is 127. The number of carbonyl (C=O) groups excluding carboxylic acids is 1. The largest absolute Gasteiger partial charge is 0.306 e. The second kappa shape index (κ2) is 7.20. The van der Waals surface area contributed by atoms with Gasteiger partial charge < -0.3 is 5.32 Å². The van der Waals surface area contributed by atoms with Crippen LogP contribution in [0.2, 0.25) is 0 Å². The molecule has 1 N–H and O–H groups in total. The van der Waals surface area contributed by atoms with Gasteiger partial charge in [0.25, 0.3) is 5.91 Å². The number of aryl methyl sites for hydroxylation is 2. The van der Waals surface area contributed by atoms with Gasteiger partial charge in [0.1, 0.15) is 5.82 Å². The summed E-state index contributed by atoms with van der Waals surface area (Å²) in [7, 11) is -0.964. The zero-order valence-corrected chi connectivity index (χ0v) is 17.9. The SMILES string of the molecule is Cc1ccc(-n2nc3c(c2NC(=O)c2ccccc2I)C[S@](=O)C3)c(C)c1. The van der Waals surface area contributed by atoms with Crippen LogP contribution in [-0.2, 0) is 22.3 Å². The number of nitrogens with one attached hydrogen (secondary N) is 1. The maximum absolute atomic E-state index is 12.9. The fraction of sp³-hybridized carbons (Fsp3) is 0.200. The molecule has 0 fully saturated rings. The molecule has 0 saturated heterocycles. The molecule has 0 bridgehead atoms. The fourth-order valence-electron chi connectivity index (χ4n) is 3.29. The molecule has 3 aromatic rings. The molecule has 138 valence electrons. The first-order valence-corrected chi connectivity index (χ1v) is 11.1. The Balaban J connectivity index is 1.80. The predicted molar refractivity (Wildman–Crippen MR) is 116 cm³/mol. The smallest absolute Gasteiger partial charge is 0.257 e. The third kappa shape index (κ3) is 3.45. The van der Waals surface area contributed by atoms with Crippen LogP contribution in [0.25, 0.3) is 5.69 Å². The average molecular weight is 491 g/mol. The van der Waals surface area contributed by atoms with Crippen LogP contribution in [0, 0.1) is 17.4 Å². The van der Waals surface area contributed by atoms with Gasteiger partial charge in [0.2, 0.25) is 0 Å². The molecule has 1 aliphatic heterocycles. The van der Waals surface area contributed by atoms with Gasteiger partial charge in [-0.05, 0) is 60.2 Å². The topological polar surface area (TPSA) is 64.0 Å². The zero-order chi connectivity index (χ0) is 19.1. The number of rotatable bonds is 3. The summed E-state index contributed by atoms with van der Waals surface area (Å²) in [5.41, 5.74) is 5.43. The van der Waals surface area contributed by atoms with Gasteiger partial charge in [-0.15, -0.1) is 0 Å². The van der Waals surface area contributed by atoms with Crippen molar-refractivity contribution in [2.75, 3.05) is 5.32 Å². The Bertz CT molecular complexity index is 1090. The van der Waals surface area contributed by atoms with Crippen molar-refractivity contribution in [1.82, 2.24) is 9.78 Å². The molecule has 4 rings (SSSR count). The molecule has 0 spiro atoms. The van der Waals surface area contributed by atoms with Crippen LogP contribution in [-0.4, -0.2) is 19.9 Å². The summed E-state index contributed by atoms with van der Waals surface area (Å²) in [6, 6.07) is 13.6. The number of benzene rings is 2. The molecule has 0 saturated carbocycles. The maximum Gasteiger partial charge on any atom is 0.257 e. The Labute approximate surface area is 173 Å². The standard InChI is InChI=1S/C20H18IN3O2S/c1-12-7-8-18(13(2)9-12)24-19(15-10-27(26)11-17(15)23-24)22-20(25)14-5-3-4-6-16(14)21/h3-9H,10-11H2,1-2H3,(H,22,25)/t27-/m0/s1. The number of hydrogen-bond acceptors (Lipinski definition) is 3. The number of fused-ring (bicyclic) bond motifs is 1. The third-order valence-corrected chi connectivity index (χ3v) is 6.75. The zero-order valence-electron chi connectivity index (χ0n) is 15.0. The van der Waals surface area contributed by atoms with E-state index in [9.17, 15) is 9.00 Å². The first-order valence-electron chi connectivity index (χ1n) is 8.53. The Morgan fingerprint density at radius 3 is 2.70 bits per heavy atom. The highest BCUT2D eigenvalue weighted by molar-refractivity contribution is 14.1. The van der Waals surface area contributed by atoms with Crippen molar-refractivity contribution < 1.29 is 9.00 Å². The van der Waals surface area contributed by atoms with Gasteiger partial charge in [0.05, 0.1) is 28.5 Å². The molecular weight excluding hydrogens is 473 g/mol. The average Bonchev–Trinajstić information content (AvgIpc) is 3.12. The van der Waals surface area contributed by atoms with Crippen LogP contribution < -0.4 is 5.32 Å². The van der Waals surface area contributed by atoms with E-state index in [1.807, 2.05) is 44.2 Å². The van der Waals surface area contributed by atoms with E-state index >= 15 is 0 Å². The monoisotopic (exact) mass is 491 g/mol. The Kier molecular flexibility index (Phi) is 4.90. The molecule has 2 heterocycles. The summed E-state index contributed by atoms with van der Waals surface area (Å²) in [5, 5.41) is 7.71. The third-order valence-electron chi connectivity index (χ3n) is 4.60. The molecule has 7 heteroatoms. The van der Waals surface area contributed by atoms with Crippen molar-refractivity contribution in [3.63, 3.8) is 0 Å². The highest BCUT2D eigenvalue weighted by Crippen LogP contribution is 2.32. The summed E-state index contributed by atoms with van der Waals surface area (Å²) in [6.07, 6.45) is 0. The number of carbonyl (C=O) groups is 1. The Hall–Kier alpha value is -2.00. The summed E-state index contributed by atoms with van der Waals surface area (Å²) >= 11 is 2.15. The minimum absolute atomic E-state index is 0.189. The Morgan fingerprint density at radius 1 is 1.19 bits per heavy atom. The van der Waals surface area contributed by atoms with Crippen molar-refractivity contribution in [3.8, 4) is 5.69 Å². The van der Waals surface area contributed by atoms with E-state index in [2.05, 4.69) is 39.1 Å². The molecule has 0 radical (unpaired) electrons. The van der Waals surface area contributed by atoms with Gasteiger partial charge in [-0.3, -0.25) is 9.00 Å². The minimum atomic E-state index is -0.964. The summed E-state index contributed by atoms with van der Waals surface area (Å²) in [5.74, 6) is 1.28. The number of aromatic nitrogens is 2. The van der Waals surface area contributed by atoms with Crippen LogP contribution in [0.4, 0.5) is 5.82 Å². The molecule has 2 aromatic carbocycles. The number of anilines is 1. The highest BCUT2D eigenvalue weighted by Gasteiger charge is 2.29. The number of nitrogens with zero attached hydrogens (tertiary/aromatic N) is 2. The van der Waals surface area contributed by atoms with Crippen LogP contribution in [0.15, 0.2) is 42.5 Å². The minimum Gasteiger partial charge on any atom is -0.306 e. The second-order valence-corrected chi connectivity index (χ2v) is 9.26. The molecule has 5 nitrogen and oxygen atoms in total. The first kappa shape index (κ1) is 18.4. The van der Waals surface area contributed by atoms with E-state index in [4.69, 9.17) is 0 Å². The van der Waals surface area contributed by atoms with E-state index in [0.717, 1.165) is 26.1 Å². The van der Waals surface area contributed by atoms with Crippen LogP contribution >= 0.6 is 22.6 Å². The van der Waals surface area contributed by atoms with Crippen LogP contribution in [0.1, 0.15) is 32.7 Å². The molecule has 1 atom stereocenters. The maximum atomic E-state index is 12.9. The normalized spacial score (nSPS) is 15.6. The lowest BCUT2D eigenvalue weighted by Gasteiger charge is -2.14. The molecular formula is C20H18IN3O2S. The van der Waals surface area contributed by atoms with Crippen molar-refractivity contribution in [2.24, 2.45) is 0 Å². The van der Waals surface area contributed by atoms with Gasteiger partial charge in [0, 0.05) is 19.9 Å². The van der Waals surface area contributed by atoms with Crippen molar-refractivity contribution in [1.29, 1.82) is 0 Å². The number of halogens is 1. The van der Waals surface area contributed by atoms with Gasteiger partial charge in [-0.1, -0.05) is 29.8 Å². The lowest BCUT2D eigenvalue weighted by atomic mass is 10.1. The van der Waals surface area contributed by atoms with E-state index in [-0.39, 0.29) is 5.91 Å². The second-order valence-electron chi connectivity index (χ2n) is 6.64. The van der Waals surface area contributed by atoms with E-state index in [0.29, 0.717) is 22.9 Å². The van der Waals surface area contributed by atoms with Crippen molar-refractivity contribution in [3.05, 3.63) is 74.0 Å². The molecule has 1 aliphatic rings. The van der Waals surface area contributed by atoms with Gasteiger partial charge in [-0.25, -0.2) is 4.68 Å². The molecule has 0 aliphatic carbocycles. The molecule has 1 aromatic heterocycles. The summed E-state index contributed by atoms with van der Waals surface area (Å²) < 4.78 is 14.7. The van der Waals surface area contributed by atoms with Crippen LogP contribution in [0.5, 0.6) is 0 Å². The molecule has 0 unspecified atom stereocenters. The Morgan fingerprint density at radius 2 is 1.96 bits per heavy atom. The van der Waals surface area contributed by atoms with Crippen LogP contribution in [0.3, 0.4) is 0 Å². The van der Waals surface area contributed by atoms with Gasteiger partial charge in [-0.2, -0.15) is 5.10 Å². The lowest BCUT2D eigenvalue weighted by molar-refractivity contribution is 0.102. The quantitative estimate of drug-likeness (QED) is 0.562. The number of amides is 1. The first-order chi connectivity index (χ1) is 12.9. The van der Waals surface area contributed by atoms with Gasteiger partial charge in [0.15, 0.2) is 0 Å². The molecule has 1 amide bonds. The fourth-order valence-corrected chi connectivity index (χ4v) is 5.19. The molecule has 27 heavy (non-hydrogen) atoms.